The van der Waals surface area contributed by atoms with Crippen molar-refractivity contribution in [1.29, 1.82) is 0 Å². The standard InChI is InChI=1S/C21H32N6O.HI/c1-5-22-21(23-14-20-24-17(4)28-25-20)27-12-10-26(11-13-27)15-18-6-8-19(9-7-18)16(2)3;/h6-9,16H,5,10-15H2,1-4H3,(H,22,23);1H. The van der Waals surface area contributed by atoms with E-state index >= 15 is 0 Å². The van der Waals surface area contributed by atoms with E-state index in [0.29, 0.717) is 24.2 Å². The van der Waals surface area contributed by atoms with Crippen molar-refractivity contribution in [3.8, 4) is 0 Å². The average molecular weight is 512 g/mol. The molecule has 1 fully saturated rings. The van der Waals surface area contributed by atoms with Crippen LogP contribution in [0.1, 0.15) is 49.5 Å². The molecule has 2 heterocycles. The lowest BCUT2D eigenvalue weighted by Crippen LogP contribution is -2.52. The molecule has 1 aromatic heterocycles. The third-order valence-electron chi connectivity index (χ3n) is 5.00. The number of piperazine rings is 1. The maximum Gasteiger partial charge on any atom is 0.223 e. The Morgan fingerprint density at radius 2 is 1.86 bits per heavy atom. The molecular weight excluding hydrogens is 479 g/mol. The van der Waals surface area contributed by atoms with Gasteiger partial charge in [0.15, 0.2) is 11.8 Å². The number of nitrogens with zero attached hydrogens (tertiary/aromatic N) is 5. The molecule has 0 spiro atoms. The van der Waals surface area contributed by atoms with Gasteiger partial charge >= 0.3 is 0 Å². The van der Waals surface area contributed by atoms with Crippen molar-refractivity contribution in [2.75, 3.05) is 32.7 Å². The van der Waals surface area contributed by atoms with E-state index in [1.807, 2.05) is 0 Å². The zero-order valence-electron chi connectivity index (χ0n) is 17.9. The van der Waals surface area contributed by atoms with E-state index in [1.165, 1.54) is 11.1 Å². The van der Waals surface area contributed by atoms with Crippen LogP contribution in [0.2, 0.25) is 0 Å². The van der Waals surface area contributed by atoms with E-state index in [4.69, 9.17) is 4.52 Å². The van der Waals surface area contributed by atoms with E-state index in [0.717, 1.165) is 45.2 Å². The molecule has 8 heteroatoms. The minimum absolute atomic E-state index is 0. The molecule has 0 unspecified atom stereocenters. The summed E-state index contributed by atoms with van der Waals surface area (Å²) in [5, 5.41) is 7.30. The van der Waals surface area contributed by atoms with Crippen molar-refractivity contribution in [3.63, 3.8) is 0 Å². The van der Waals surface area contributed by atoms with Crippen LogP contribution in [0.3, 0.4) is 0 Å². The summed E-state index contributed by atoms with van der Waals surface area (Å²) in [4.78, 5) is 13.7. The number of hydrogen-bond donors (Lipinski definition) is 1. The maximum atomic E-state index is 5.02. The van der Waals surface area contributed by atoms with E-state index in [1.54, 1.807) is 6.92 Å². The molecule has 0 atom stereocenters. The van der Waals surface area contributed by atoms with Crippen LogP contribution in [0.5, 0.6) is 0 Å². The number of benzene rings is 1. The lowest BCUT2D eigenvalue weighted by molar-refractivity contribution is 0.172. The first-order valence-corrected chi connectivity index (χ1v) is 10.2. The first kappa shape index (κ1) is 23.6. The van der Waals surface area contributed by atoms with E-state index in [2.05, 4.69) is 75.3 Å². The number of aliphatic imine (C=N–C) groups is 1. The number of rotatable bonds is 6. The predicted molar refractivity (Wildman–Crippen MR) is 127 cm³/mol. The van der Waals surface area contributed by atoms with Crippen LogP contribution in [0.15, 0.2) is 33.8 Å². The molecule has 1 N–H and O–H groups in total. The fourth-order valence-corrected chi connectivity index (χ4v) is 3.36. The molecule has 3 rings (SSSR count). The molecule has 0 aliphatic carbocycles. The zero-order valence-corrected chi connectivity index (χ0v) is 20.2. The van der Waals surface area contributed by atoms with Crippen molar-refractivity contribution in [1.82, 2.24) is 25.3 Å². The average Bonchev–Trinajstić information content (AvgIpc) is 3.11. The van der Waals surface area contributed by atoms with E-state index < -0.39 is 0 Å². The van der Waals surface area contributed by atoms with Gasteiger partial charge in [-0.05, 0) is 24.0 Å². The summed E-state index contributed by atoms with van der Waals surface area (Å²) in [6.07, 6.45) is 0. The number of aromatic nitrogens is 2. The molecule has 0 saturated carbocycles. The highest BCUT2D eigenvalue weighted by Gasteiger charge is 2.20. The molecule has 1 aromatic carbocycles. The lowest BCUT2D eigenvalue weighted by atomic mass is 10.0. The largest absolute Gasteiger partial charge is 0.357 e. The van der Waals surface area contributed by atoms with Gasteiger partial charge in [-0.3, -0.25) is 4.90 Å². The normalized spacial score (nSPS) is 15.5. The molecule has 29 heavy (non-hydrogen) atoms. The Hall–Kier alpha value is -1.68. The van der Waals surface area contributed by atoms with Gasteiger partial charge < -0.3 is 14.7 Å². The van der Waals surface area contributed by atoms with Gasteiger partial charge in [-0.25, -0.2) is 4.99 Å². The molecule has 7 nitrogen and oxygen atoms in total. The van der Waals surface area contributed by atoms with Crippen molar-refractivity contribution in [2.24, 2.45) is 4.99 Å². The van der Waals surface area contributed by atoms with Gasteiger partial charge in [-0.2, -0.15) is 4.98 Å². The van der Waals surface area contributed by atoms with Gasteiger partial charge in [0, 0.05) is 46.2 Å². The van der Waals surface area contributed by atoms with Crippen LogP contribution in [0.25, 0.3) is 0 Å². The first-order chi connectivity index (χ1) is 13.5. The Morgan fingerprint density at radius 1 is 1.17 bits per heavy atom. The Balaban J connectivity index is 0.00000300. The zero-order chi connectivity index (χ0) is 19.9. The number of guanidine groups is 1. The van der Waals surface area contributed by atoms with Crippen LogP contribution < -0.4 is 5.32 Å². The molecule has 160 valence electrons. The number of hydrogen-bond acceptors (Lipinski definition) is 5. The van der Waals surface area contributed by atoms with Crippen molar-refractivity contribution in [3.05, 3.63) is 47.1 Å². The third-order valence-corrected chi connectivity index (χ3v) is 5.00. The van der Waals surface area contributed by atoms with Crippen LogP contribution in [0, 0.1) is 6.92 Å². The smallest absolute Gasteiger partial charge is 0.223 e. The Kier molecular flexibility index (Phi) is 9.35. The van der Waals surface area contributed by atoms with Crippen molar-refractivity contribution in [2.45, 2.75) is 46.7 Å². The molecule has 2 aromatic rings. The summed E-state index contributed by atoms with van der Waals surface area (Å²) in [6, 6.07) is 9.04. The number of nitrogens with one attached hydrogen (secondary N) is 1. The highest BCUT2D eigenvalue weighted by Crippen LogP contribution is 2.16. The summed E-state index contributed by atoms with van der Waals surface area (Å²) in [5.41, 5.74) is 2.78. The topological polar surface area (TPSA) is 69.8 Å². The fourth-order valence-electron chi connectivity index (χ4n) is 3.36. The second-order valence-electron chi connectivity index (χ2n) is 7.56. The highest BCUT2D eigenvalue weighted by molar-refractivity contribution is 14.0. The van der Waals surface area contributed by atoms with Gasteiger partial charge in [0.1, 0.15) is 6.54 Å². The molecule has 1 saturated heterocycles. The molecule has 1 aliphatic heterocycles. The second kappa shape index (κ2) is 11.5. The van der Waals surface area contributed by atoms with Crippen LogP contribution >= 0.6 is 24.0 Å². The van der Waals surface area contributed by atoms with Gasteiger partial charge in [-0.1, -0.05) is 43.3 Å². The maximum absolute atomic E-state index is 5.02. The molecular formula is C21H33IN6O. The first-order valence-electron chi connectivity index (χ1n) is 10.2. The van der Waals surface area contributed by atoms with Crippen LogP contribution in [-0.4, -0.2) is 58.6 Å². The predicted octanol–water partition coefficient (Wildman–Crippen LogP) is 3.40. The van der Waals surface area contributed by atoms with E-state index in [-0.39, 0.29) is 24.0 Å². The lowest BCUT2D eigenvalue weighted by Gasteiger charge is -2.36. The summed E-state index contributed by atoms with van der Waals surface area (Å²) in [5.74, 6) is 2.70. The van der Waals surface area contributed by atoms with Crippen molar-refractivity contribution >= 4 is 29.9 Å². The SMILES string of the molecule is CCNC(=NCc1noc(C)n1)N1CCN(Cc2ccc(C(C)C)cc2)CC1.I. The summed E-state index contributed by atoms with van der Waals surface area (Å²) in [7, 11) is 0. The second-order valence-corrected chi connectivity index (χ2v) is 7.56. The molecule has 0 radical (unpaired) electrons. The summed E-state index contributed by atoms with van der Waals surface area (Å²) < 4.78 is 5.02. The fraction of sp³-hybridized carbons (Fsp3) is 0.571. The van der Waals surface area contributed by atoms with Gasteiger partial charge in [0.25, 0.3) is 0 Å². The summed E-state index contributed by atoms with van der Waals surface area (Å²) >= 11 is 0. The third kappa shape index (κ3) is 6.95. The number of halogens is 1. The quantitative estimate of drug-likeness (QED) is 0.364. The molecule has 0 bridgehead atoms. The minimum Gasteiger partial charge on any atom is -0.357 e. The monoisotopic (exact) mass is 512 g/mol. The van der Waals surface area contributed by atoms with Crippen LogP contribution in [-0.2, 0) is 13.1 Å². The van der Waals surface area contributed by atoms with Crippen molar-refractivity contribution < 1.29 is 4.52 Å². The number of aryl methyl sites for hydroxylation is 1. The van der Waals surface area contributed by atoms with Crippen LogP contribution in [0.4, 0.5) is 0 Å². The van der Waals surface area contributed by atoms with Gasteiger partial charge in [0.2, 0.25) is 5.89 Å². The van der Waals surface area contributed by atoms with Gasteiger partial charge in [-0.15, -0.1) is 24.0 Å². The van der Waals surface area contributed by atoms with E-state index in [9.17, 15) is 0 Å². The highest BCUT2D eigenvalue weighted by atomic mass is 127. The Labute approximate surface area is 191 Å². The molecule has 1 aliphatic rings. The summed E-state index contributed by atoms with van der Waals surface area (Å²) in [6.45, 7) is 14.6. The Bertz CT molecular complexity index is 766. The molecule has 0 amide bonds. The Morgan fingerprint density at radius 3 is 2.41 bits per heavy atom. The minimum atomic E-state index is 0. The van der Waals surface area contributed by atoms with Gasteiger partial charge in [0.05, 0.1) is 0 Å².